The predicted octanol–water partition coefficient (Wildman–Crippen LogP) is 3.69. The van der Waals surface area contributed by atoms with Crippen molar-refractivity contribution in [3.63, 3.8) is 0 Å². The molecule has 0 spiro atoms. The second kappa shape index (κ2) is 5.86. The second-order valence-electron chi connectivity index (χ2n) is 4.12. The van der Waals surface area contributed by atoms with E-state index in [-0.39, 0.29) is 11.9 Å². The van der Waals surface area contributed by atoms with Crippen LogP contribution in [0.4, 0.5) is 5.88 Å². The highest BCUT2D eigenvalue weighted by Crippen LogP contribution is 2.23. The Balaban J connectivity index is 1.98. The van der Waals surface area contributed by atoms with E-state index in [1.807, 2.05) is 31.2 Å². The molecule has 0 saturated heterocycles. The van der Waals surface area contributed by atoms with Crippen molar-refractivity contribution in [1.29, 1.82) is 0 Å². The Hall–Kier alpha value is -1.85. The summed E-state index contributed by atoms with van der Waals surface area (Å²) in [6, 6.07) is 10.5. The fourth-order valence-electron chi connectivity index (χ4n) is 1.75. The van der Waals surface area contributed by atoms with E-state index < -0.39 is 4.92 Å². The molecule has 0 aliphatic carbocycles. The number of hydrogen-bond acceptors (Lipinski definition) is 4. The first kappa shape index (κ1) is 13.6. The van der Waals surface area contributed by atoms with Gasteiger partial charge in [0.05, 0.1) is 12.6 Å². The molecule has 0 aliphatic rings. The molecule has 1 aromatic carbocycles. The molecule has 0 aliphatic heterocycles. The maximum absolute atomic E-state index is 10.5. The molecular formula is C13H13ClN2O3. The summed E-state index contributed by atoms with van der Waals surface area (Å²) in [5, 5.41) is 14.4. The minimum atomic E-state index is -0.555. The highest BCUT2D eigenvalue weighted by atomic mass is 35.5. The lowest BCUT2D eigenvalue weighted by molar-refractivity contribution is -0.402. The Morgan fingerprint density at radius 1 is 1.37 bits per heavy atom. The fraction of sp³-hybridized carbons (Fsp3) is 0.231. The monoisotopic (exact) mass is 280 g/mol. The Labute approximate surface area is 115 Å². The minimum Gasteiger partial charge on any atom is -0.404 e. The molecule has 0 bridgehead atoms. The third-order valence-electron chi connectivity index (χ3n) is 2.78. The van der Waals surface area contributed by atoms with Gasteiger partial charge in [-0.2, -0.15) is 0 Å². The number of hydrogen-bond donors (Lipinski definition) is 1. The molecule has 1 aromatic heterocycles. The molecule has 6 heteroatoms. The number of rotatable bonds is 5. The zero-order valence-corrected chi connectivity index (χ0v) is 11.1. The molecule has 5 nitrogen and oxygen atoms in total. The smallest absolute Gasteiger partial charge is 0.404 e. The fourth-order valence-corrected chi connectivity index (χ4v) is 2.05. The van der Waals surface area contributed by atoms with Gasteiger partial charge in [-0.1, -0.05) is 29.8 Å². The van der Waals surface area contributed by atoms with Crippen LogP contribution in [0, 0.1) is 10.1 Å². The van der Waals surface area contributed by atoms with Gasteiger partial charge in [0, 0.05) is 11.1 Å². The largest absolute Gasteiger partial charge is 0.433 e. The van der Waals surface area contributed by atoms with Gasteiger partial charge in [0.25, 0.3) is 0 Å². The lowest BCUT2D eigenvalue weighted by atomic mass is 10.1. The van der Waals surface area contributed by atoms with E-state index in [1.54, 1.807) is 6.07 Å². The highest BCUT2D eigenvalue weighted by Gasteiger charge is 2.13. The third-order valence-corrected chi connectivity index (χ3v) is 3.13. The standard InChI is InChI=1S/C13H13ClN2O3/c1-9(11-4-2-3-5-12(11)14)15-8-10-6-7-13(19-10)16(17)18/h2-7,9,15H,8H2,1H3. The van der Waals surface area contributed by atoms with Gasteiger partial charge in [0.15, 0.2) is 0 Å². The number of benzene rings is 1. The van der Waals surface area contributed by atoms with Crippen molar-refractivity contribution in [2.24, 2.45) is 0 Å². The number of halogens is 1. The van der Waals surface area contributed by atoms with Gasteiger partial charge in [-0.25, -0.2) is 0 Å². The van der Waals surface area contributed by atoms with Crippen LogP contribution in [0.1, 0.15) is 24.3 Å². The molecule has 1 heterocycles. The van der Waals surface area contributed by atoms with E-state index in [0.717, 1.165) is 5.56 Å². The average molecular weight is 281 g/mol. The minimum absolute atomic E-state index is 0.0258. The van der Waals surface area contributed by atoms with Crippen molar-refractivity contribution >= 4 is 17.5 Å². The Morgan fingerprint density at radius 3 is 2.74 bits per heavy atom. The van der Waals surface area contributed by atoms with Crippen LogP contribution in [0.15, 0.2) is 40.8 Å². The van der Waals surface area contributed by atoms with Crippen molar-refractivity contribution in [3.8, 4) is 0 Å². The van der Waals surface area contributed by atoms with Crippen LogP contribution in [0.25, 0.3) is 0 Å². The molecule has 0 radical (unpaired) electrons. The predicted molar refractivity (Wildman–Crippen MR) is 72.1 cm³/mol. The zero-order valence-electron chi connectivity index (χ0n) is 10.3. The quantitative estimate of drug-likeness (QED) is 0.670. The average Bonchev–Trinajstić information content (AvgIpc) is 2.85. The molecule has 2 aromatic rings. The number of nitrogens with one attached hydrogen (secondary N) is 1. The van der Waals surface area contributed by atoms with Crippen molar-refractivity contribution in [1.82, 2.24) is 5.32 Å². The van der Waals surface area contributed by atoms with E-state index in [4.69, 9.17) is 16.0 Å². The van der Waals surface area contributed by atoms with Gasteiger partial charge in [-0.15, -0.1) is 0 Å². The SMILES string of the molecule is CC(NCc1ccc([N+](=O)[O-])o1)c1ccccc1Cl. The van der Waals surface area contributed by atoms with Crippen molar-refractivity contribution in [2.75, 3.05) is 0 Å². The topological polar surface area (TPSA) is 68.3 Å². The summed E-state index contributed by atoms with van der Waals surface area (Å²) in [4.78, 5) is 9.94. The van der Waals surface area contributed by atoms with E-state index in [1.165, 1.54) is 6.07 Å². The summed E-state index contributed by atoms with van der Waals surface area (Å²) in [5.41, 5.74) is 0.977. The molecule has 0 saturated carbocycles. The van der Waals surface area contributed by atoms with Crippen LogP contribution >= 0.6 is 11.6 Å². The maximum Gasteiger partial charge on any atom is 0.433 e. The van der Waals surface area contributed by atoms with Crippen LogP contribution in [-0.2, 0) is 6.54 Å². The number of nitrogens with zero attached hydrogens (tertiary/aromatic N) is 1. The normalized spacial score (nSPS) is 12.3. The molecule has 100 valence electrons. The van der Waals surface area contributed by atoms with Crippen molar-refractivity contribution in [3.05, 3.63) is 62.9 Å². The maximum atomic E-state index is 10.5. The van der Waals surface area contributed by atoms with Crippen molar-refractivity contribution < 1.29 is 9.34 Å². The molecule has 1 N–H and O–H groups in total. The summed E-state index contributed by atoms with van der Waals surface area (Å²) >= 11 is 6.09. The summed E-state index contributed by atoms with van der Waals surface area (Å²) in [6.07, 6.45) is 0. The van der Waals surface area contributed by atoms with Gasteiger partial charge in [0.2, 0.25) is 0 Å². The second-order valence-corrected chi connectivity index (χ2v) is 4.53. The van der Waals surface area contributed by atoms with Crippen LogP contribution in [-0.4, -0.2) is 4.92 Å². The summed E-state index contributed by atoms with van der Waals surface area (Å²) in [6.45, 7) is 2.37. The van der Waals surface area contributed by atoms with Crippen LogP contribution in [0.2, 0.25) is 5.02 Å². The molecule has 0 fully saturated rings. The molecule has 1 atom stereocenters. The van der Waals surface area contributed by atoms with E-state index in [2.05, 4.69) is 5.32 Å². The van der Waals surface area contributed by atoms with Crippen LogP contribution in [0.3, 0.4) is 0 Å². The van der Waals surface area contributed by atoms with E-state index >= 15 is 0 Å². The zero-order chi connectivity index (χ0) is 13.8. The Bertz CT molecular complexity index is 583. The summed E-state index contributed by atoms with van der Waals surface area (Å²) < 4.78 is 5.07. The van der Waals surface area contributed by atoms with Gasteiger partial charge in [-0.05, 0) is 24.6 Å². The van der Waals surface area contributed by atoms with Gasteiger partial charge < -0.3 is 9.73 Å². The van der Waals surface area contributed by atoms with Crippen LogP contribution in [0.5, 0.6) is 0 Å². The van der Waals surface area contributed by atoms with Gasteiger partial charge in [-0.3, -0.25) is 10.1 Å². The first-order chi connectivity index (χ1) is 9.08. The van der Waals surface area contributed by atoms with Crippen LogP contribution < -0.4 is 5.32 Å². The molecule has 0 amide bonds. The lowest BCUT2D eigenvalue weighted by Gasteiger charge is -2.14. The van der Waals surface area contributed by atoms with E-state index in [0.29, 0.717) is 17.3 Å². The first-order valence-electron chi connectivity index (χ1n) is 5.79. The van der Waals surface area contributed by atoms with E-state index in [9.17, 15) is 10.1 Å². The molecule has 2 rings (SSSR count). The third kappa shape index (κ3) is 3.33. The number of nitro groups is 1. The summed E-state index contributed by atoms with van der Waals surface area (Å²) in [5.74, 6) is 0.271. The van der Waals surface area contributed by atoms with Gasteiger partial charge in [0.1, 0.15) is 10.7 Å². The Kier molecular flexibility index (Phi) is 4.19. The van der Waals surface area contributed by atoms with Gasteiger partial charge >= 0.3 is 5.88 Å². The highest BCUT2D eigenvalue weighted by molar-refractivity contribution is 6.31. The van der Waals surface area contributed by atoms with Crippen molar-refractivity contribution in [2.45, 2.75) is 19.5 Å². The first-order valence-corrected chi connectivity index (χ1v) is 6.16. The summed E-state index contributed by atoms with van der Waals surface area (Å²) in [7, 11) is 0. The Morgan fingerprint density at radius 2 is 2.11 bits per heavy atom. The molecule has 1 unspecified atom stereocenters. The lowest BCUT2D eigenvalue weighted by Crippen LogP contribution is -2.18. The number of furan rings is 1. The molecule has 19 heavy (non-hydrogen) atoms. The molecular weight excluding hydrogens is 268 g/mol.